The maximum Gasteiger partial charge on any atom is 0.303 e. The van der Waals surface area contributed by atoms with Crippen molar-refractivity contribution in [2.75, 3.05) is 6.54 Å². The van der Waals surface area contributed by atoms with E-state index in [-0.39, 0.29) is 6.42 Å². The highest BCUT2D eigenvalue weighted by Gasteiger charge is 1.99. The molecular weight excluding hydrogens is 154 g/mol. The number of hydrogen-bond acceptors (Lipinski definition) is 2. The average Bonchev–Trinajstić information content (AvgIpc) is 1.98. The van der Waals surface area contributed by atoms with Crippen LogP contribution in [-0.2, 0) is 4.79 Å². The Morgan fingerprint density at radius 2 is 2.42 bits per heavy atom. The van der Waals surface area contributed by atoms with Gasteiger partial charge in [-0.05, 0) is 26.3 Å². The minimum atomic E-state index is -0.729. The van der Waals surface area contributed by atoms with Gasteiger partial charge in [-0.3, -0.25) is 4.79 Å². The minimum Gasteiger partial charge on any atom is -0.481 e. The van der Waals surface area contributed by atoms with Crippen molar-refractivity contribution in [2.45, 2.75) is 32.2 Å². The van der Waals surface area contributed by atoms with E-state index in [1.165, 1.54) is 0 Å². The van der Waals surface area contributed by atoms with Crippen LogP contribution in [0, 0.1) is 0 Å². The lowest BCUT2D eigenvalue weighted by Gasteiger charge is -2.09. The van der Waals surface area contributed by atoms with Crippen molar-refractivity contribution < 1.29 is 9.90 Å². The van der Waals surface area contributed by atoms with Gasteiger partial charge in [-0.15, -0.1) is 6.58 Å². The summed E-state index contributed by atoms with van der Waals surface area (Å²) < 4.78 is 0. The zero-order valence-corrected chi connectivity index (χ0v) is 7.55. The Morgan fingerprint density at radius 3 is 2.92 bits per heavy atom. The third kappa shape index (κ3) is 7.28. The highest BCUT2D eigenvalue weighted by atomic mass is 16.4. The van der Waals surface area contributed by atoms with Crippen molar-refractivity contribution in [1.29, 1.82) is 0 Å². The first kappa shape index (κ1) is 11.2. The molecule has 0 fully saturated rings. The van der Waals surface area contributed by atoms with Gasteiger partial charge in [0.2, 0.25) is 0 Å². The molecule has 0 amide bonds. The summed E-state index contributed by atoms with van der Waals surface area (Å²) in [5.74, 6) is -0.729. The van der Waals surface area contributed by atoms with E-state index in [9.17, 15) is 4.79 Å². The van der Waals surface area contributed by atoms with Crippen LogP contribution in [0.5, 0.6) is 0 Å². The summed E-state index contributed by atoms with van der Waals surface area (Å²) in [7, 11) is 0. The molecule has 3 heteroatoms. The van der Waals surface area contributed by atoms with Crippen LogP contribution in [-0.4, -0.2) is 23.7 Å². The molecule has 0 aromatic rings. The Morgan fingerprint density at radius 1 is 1.75 bits per heavy atom. The highest BCUT2D eigenvalue weighted by Crippen LogP contribution is 1.92. The molecule has 0 aliphatic rings. The van der Waals surface area contributed by atoms with Crippen LogP contribution in [0.3, 0.4) is 0 Å². The number of nitrogens with one attached hydrogen (secondary N) is 1. The van der Waals surface area contributed by atoms with E-state index in [1.54, 1.807) is 0 Å². The number of aliphatic carboxylic acids is 1. The van der Waals surface area contributed by atoms with E-state index in [4.69, 9.17) is 5.11 Å². The molecule has 0 aliphatic carbocycles. The van der Waals surface area contributed by atoms with Crippen LogP contribution in [0.2, 0.25) is 0 Å². The molecule has 0 saturated heterocycles. The van der Waals surface area contributed by atoms with E-state index in [0.717, 1.165) is 13.0 Å². The van der Waals surface area contributed by atoms with Crippen molar-refractivity contribution in [3.63, 3.8) is 0 Å². The van der Waals surface area contributed by atoms with Crippen LogP contribution in [0.4, 0.5) is 0 Å². The molecule has 0 aromatic carbocycles. The van der Waals surface area contributed by atoms with Crippen molar-refractivity contribution in [1.82, 2.24) is 5.32 Å². The Hall–Kier alpha value is -0.830. The topological polar surface area (TPSA) is 49.3 Å². The molecule has 0 heterocycles. The van der Waals surface area contributed by atoms with Crippen LogP contribution in [0.25, 0.3) is 0 Å². The van der Waals surface area contributed by atoms with Gasteiger partial charge in [0.15, 0.2) is 0 Å². The van der Waals surface area contributed by atoms with Crippen molar-refractivity contribution in [2.24, 2.45) is 0 Å². The van der Waals surface area contributed by atoms with Gasteiger partial charge in [-0.25, -0.2) is 0 Å². The van der Waals surface area contributed by atoms with Crippen LogP contribution < -0.4 is 5.32 Å². The fourth-order valence-electron chi connectivity index (χ4n) is 0.921. The fraction of sp³-hybridized carbons (Fsp3) is 0.667. The molecule has 0 bridgehead atoms. The standard InChI is InChI=1S/C9H17NO2/c1-3-5-8(2)10-7-4-6-9(11)12/h3,8,10H,1,4-7H2,2H3,(H,11,12). The Balaban J connectivity index is 3.18. The second-order valence-electron chi connectivity index (χ2n) is 2.88. The Bertz CT molecular complexity index is 145. The van der Waals surface area contributed by atoms with E-state index < -0.39 is 5.97 Å². The van der Waals surface area contributed by atoms with Gasteiger partial charge >= 0.3 is 5.97 Å². The minimum absolute atomic E-state index is 0.244. The number of carbonyl (C=O) groups is 1. The van der Waals surface area contributed by atoms with Crippen LogP contribution >= 0.6 is 0 Å². The first-order valence-electron chi connectivity index (χ1n) is 4.23. The Labute approximate surface area is 73.5 Å². The predicted octanol–water partition coefficient (Wildman–Crippen LogP) is 1.41. The lowest BCUT2D eigenvalue weighted by atomic mass is 10.2. The second kappa shape index (κ2) is 6.85. The molecule has 12 heavy (non-hydrogen) atoms. The number of hydrogen-bond donors (Lipinski definition) is 2. The molecule has 3 nitrogen and oxygen atoms in total. The third-order valence-electron chi connectivity index (χ3n) is 1.58. The van der Waals surface area contributed by atoms with Crippen molar-refractivity contribution in [3.05, 3.63) is 12.7 Å². The smallest absolute Gasteiger partial charge is 0.303 e. The molecule has 0 rings (SSSR count). The summed E-state index contributed by atoms with van der Waals surface area (Å²) in [6, 6.07) is 0.399. The molecule has 0 aromatic heterocycles. The van der Waals surface area contributed by atoms with Gasteiger partial charge in [0.25, 0.3) is 0 Å². The predicted molar refractivity (Wildman–Crippen MR) is 49.1 cm³/mol. The molecular formula is C9H17NO2. The molecule has 1 atom stereocenters. The first-order valence-corrected chi connectivity index (χ1v) is 4.23. The summed E-state index contributed by atoms with van der Waals surface area (Å²) in [5, 5.41) is 11.5. The number of carboxylic acids is 1. The molecule has 0 saturated carbocycles. The monoisotopic (exact) mass is 171 g/mol. The van der Waals surface area contributed by atoms with Crippen molar-refractivity contribution >= 4 is 5.97 Å². The maximum absolute atomic E-state index is 10.1. The second-order valence-corrected chi connectivity index (χ2v) is 2.88. The maximum atomic E-state index is 10.1. The largest absolute Gasteiger partial charge is 0.481 e. The van der Waals surface area contributed by atoms with Crippen LogP contribution in [0.1, 0.15) is 26.2 Å². The van der Waals surface area contributed by atoms with Gasteiger partial charge in [0.05, 0.1) is 0 Å². The lowest BCUT2D eigenvalue weighted by Crippen LogP contribution is -2.26. The molecule has 0 aliphatic heterocycles. The molecule has 2 N–H and O–H groups in total. The van der Waals surface area contributed by atoms with E-state index in [1.807, 2.05) is 6.08 Å². The van der Waals surface area contributed by atoms with Gasteiger partial charge in [-0.1, -0.05) is 6.08 Å². The zero-order chi connectivity index (χ0) is 9.40. The average molecular weight is 171 g/mol. The molecule has 0 radical (unpaired) electrons. The zero-order valence-electron chi connectivity index (χ0n) is 7.55. The molecule has 0 spiro atoms. The number of rotatable bonds is 7. The van der Waals surface area contributed by atoms with Gasteiger partial charge in [0.1, 0.15) is 0 Å². The van der Waals surface area contributed by atoms with Gasteiger partial charge in [-0.2, -0.15) is 0 Å². The summed E-state index contributed by atoms with van der Waals surface area (Å²) in [5.41, 5.74) is 0. The van der Waals surface area contributed by atoms with E-state index >= 15 is 0 Å². The van der Waals surface area contributed by atoms with E-state index in [2.05, 4.69) is 18.8 Å². The van der Waals surface area contributed by atoms with Crippen molar-refractivity contribution in [3.8, 4) is 0 Å². The summed E-state index contributed by atoms with van der Waals surface area (Å²) in [4.78, 5) is 10.1. The highest BCUT2D eigenvalue weighted by molar-refractivity contribution is 5.66. The fourth-order valence-corrected chi connectivity index (χ4v) is 0.921. The third-order valence-corrected chi connectivity index (χ3v) is 1.58. The molecule has 1 unspecified atom stereocenters. The quantitative estimate of drug-likeness (QED) is 0.449. The summed E-state index contributed by atoms with van der Waals surface area (Å²) in [6.45, 7) is 6.45. The summed E-state index contributed by atoms with van der Waals surface area (Å²) in [6.07, 6.45) is 3.71. The van der Waals surface area contributed by atoms with Gasteiger partial charge < -0.3 is 10.4 Å². The van der Waals surface area contributed by atoms with Gasteiger partial charge in [0, 0.05) is 12.5 Å². The first-order chi connectivity index (χ1) is 5.66. The van der Waals surface area contributed by atoms with E-state index in [0.29, 0.717) is 12.5 Å². The van der Waals surface area contributed by atoms with Crippen LogP contribution in [0.15, 0.2) is 12.7 Å². The lowest BCUT2D eigenvalue weighted by molar-refractivity contribution is -0.137. The SMILES string of the molecule is C=CCC(C)NCCCC(=O)O. The molecule has 70 valence electrons. The number of carboxylic acid groups (broad SMARTS) is 1. The Kier molecular flexibility index (Phi) is 6.38. The normalized spacial score (nSPS) is 12.4. The summed E-state index contributed by atoms with van der Waals surface area (Å²) >= 11 is 0.